The van der Waals surface area contributed by atoms with E-state index in [2.05, 4.69) is 52.6 Å². The minimum atomic E-state index is -1.26. The summed E-state index contributed by atoms with van der Waals surface area (Å²) in [6.07, 6.45) is 4.82. The van der Waals surface area contributed by atoms with Crippen LogP contribution < -0.4 is 5.32 Å². The van der Waals surface area contributed by atoms with E-state index in [0.717, 1.165) is 48.3 Å². The standard InChI is InChI=1S/C31H27FN4O3S/c1-35-13-10-21(11-14-35)19-2-4-20(5-3-19)22-6-7-23-18-36(30(39)25(23)16-22)28(26-17-24(32)8-9-27(26)37)29(38)34-31-33-12-15-40-31/h2-10,12,15-17,28,37H,11,13-14,18H2,1H3,(H,33,34,38). The normalized spacial score (nSPS) is 16.0. The van der Waals surface area contributed by atoms with Crippen molar-refractivity contribution in [2.75, 3.05) is 25.5 Å². The summed E-state index contributed by atoms with van der Waals surface area (Å²) in [6.45, 7) is 2.12. The van der Waals surface area contributed by atoms with Gasteiger partial charge in [-0.05, 0) is 65.6 Å². The van der Waals surface area contributed by atoms with E-state index in [4.69, 9.17) is 0 Å². The Hall–Kier alpha value is -4.34. The number of thiazole rings is 1. The zero-order valence-electron chi connectivity index (χ0n) is 21.8. The monoisotopic (exact) mass is 554 g/mol. The topological polar surface area (TPSA) is 85.8 Å². The van der Waals surface area contributed by atoms with Gasteiger partial charge in [0.05, 0.1) is 0 Å². The molecular formula is C31H27FN4O3S. The quantitative estimate of drug-likeness (QED) is 0.319. The summed E-state index contributed by atoms with van der Waals surface area (Å²) in [5, 5.41) is 15.3. The van der Waals surface area contributed by atoms with E-state index in [0.29, 0.717) is 10.7 Å². The fraction of sp³-hybridized carbons (Fsp3) is 0.194. The number of benzene rings is 3. The maximum absolute atomic E-state index is 14.2. The molecule has 3 heterocycles. The van der Waals surface area contributed by atoms with Gasteiger partial charge in [-0.1, -0.05) is 42.5 Å². The fourth-order valence-electron chi connectivity index (χ4n) is 5.28. The SMILES string of the molecule is CN1CC=C(c2ccc(-c3ccc4c(c3)C(=O)N(C(C(=O)Nc3nccs3)c3cc(F)ccc3O)C4)cc2)CC1. The summed E-state index contributed by atoms with van der Waals surface area (Å²) in [5.74, 6) is -1.85. The van der Waals surface area contributed by atoms with Gasteiger partial charge >= 0.3 is 0 Å². The number of carbonyl (C=O) groups excluding carboxylic acids is 2. The molecule has 7 nitrogen and oxygen atoms in total. The van der Waals surface area contributed by atoms with Crippen LogP contribution in [0, 0.1) is 5.82 Å². The highest BCUT2D eigenvalue weighted by Crippen LogP contribution is 2.38. The lowest BCUT2D eigenvalue weighted by molar-refractivity contribution is -0.120. The number of likely N-dealkylation sites (N-methyl/N-ethyl adjacent to an activating group) is 1. The molecule has 0 fully saturated rings. The number of amides is 2. The summed E-state index contributed by atoms with van der Waals surface area (Å²) >= 11 is 1.22. The molecule has 0 saturated carbocycles. The molecule has 1 aromatic heterocycles. The Labute approximate surface area is 235 Å². The molecule has 0 aliphatic carbocycles. The molecule has 0 spiro atoms. The molecule has 0 radical (unpaired) electrons. The van der Waals surface area contributed by atoms with Gasteiger partial charge in [0.1, 0.15) is 17.6 Å². The predicted molar refractivity (Wildman–Crippen MR) is 153 cm³/mol. The minimum absolute atomic E-state index is 0.00855. The number of phenolic OH excluding ortho intramolecular Hbond substituents is 1. The van der Waals surface area contributed by atoms with Crippen molar-refractivity contribution in [2.45, 2.75) is 19.0 Å². The average molecular weight is 555 g/mol. The summed E-state index contributed by atoms with van der Waals surface area (Å²) in [4.78, 5) is 34.9. The van der Waals surface area contributed by atoms with E-state index in [1.165, 1.54) is 33.4 Å². The van der Waals surface area contributed by atoms with Gasteiger partial charge < -0.3 is 14.9 Å². The number of halogens is 1. The van der Waals surface area contributed by atoms with Gasteiger partial charge in [-0.3, -0.25) is 14.9 Å². The summed E-state index contributed by atoms with van der Waals surface area (Å²) in [7, 11) is 2.11. The number of aromatic nitrogens is 1. The van der Waals surface area contributed by atoms with Gasteiger partial charge in [0, 0.05) is 42.3 Å². The molecule has 0 bridgehead atoms. The Morgan fingerprint density at radius 2 is 1.85 bits per heavy atom. The van der Waals surface area contributed by atoms with Crippen LogP contribution in [0.25, 0.3) is 16.7 Å². The number of phenols is 1. The van der Waals surface area contributed by atoms with E-state index in [-0.39, 0.29) is 23.8 Å². The lowest BCUT2D eigenvalue weighted by Crippen LogP contribution is -2.37. The largest absolute Gasteiger partial charge is 0.508 e. The molecule has 4 aromatic rings. The molecule has 3 aromatic carbocycles. The number of aromatic hydroxyl groups is 1. The second-order valence-electron chi connectivity index (χ2n) is 10.1. The number of fused-ring (bicyclic) bond motifs is 1. The number of anilines is 1. The van der Waals surface area contributed by atoms with E-state index in [9.17, 15) is 19.1 Å². The maximum Gasteiger partial charge on any atom is 0.255 e. The molecule has 6 rings (SSSR count). The van der Waals surface area contributed by atoms with Crippen LogP contribution in [-0.2, 0) is 11.3 Å². The first-order chi connectivity index (χ1) is 19.4. The predicted octanol–water partition coefficient (Wildman–Crippen LogP) is 5.71. The van der Waals surface area contributed by atoms with Crippen LogP contribution in [0.5, 0.6) is 5.75 Å². The van der Waals surface area contributed by atoms with Gasteiger partial charge in [-0.2, -0.15) is 0 Å². The zero-order valence-corrected chi connectivity index (χ0v) is 22.6. The van der Waals surface area contributed by atoms with Crippen molar-refractivity contribution in [1.82, 2.24) is 14.8 Å². The van der Waals surface area contributed by atoms with Crippen LogP contribution in [0.15, 0.2) is 78.3 Å². The zero-order chi connectivity index (χ0) is 27.8. The summed E-state index contributed by atoms with van der Waals surface area (Å²) in [5.41, 5.74) is 5.64. The second-order valence-corrected chi connectivity index (χ2v) is 11.0. The number of nitrogens with one attached hydrogen (secondary N) is 1. The van der Waals surface area contributed by atoms with Crippen LogP contribution >= 0.6 is 11.3 Å². The Morgan fingerprint density at radius 3 is 2.58 bits per heavy atom. The third kappa shape index (κ3) is 5.01. The third-order valence-electron chi connectivity index (χ3n) is 7.45. The highest BCUT2D eigenvalue weighted by Gasteiger charge is 2.39. The van der Waals surface area contributed by atoms with Gasteiger partial charge in [-0.25, -0.2) is 9.37 Å². The van der Waals surface area contributed by atoms with Gasteiger partial charge in [-0.15, -0.1) is 11.3 Å². The molecule has 2 N–H and O–H groups in total. The Bertz CT molecular complexity index is 1620. The highest BCUT2D eigenvalue weighted by atomic mass is 32.1. The number of hydrogen-bond donors (Lipinski definition) is 2. The van der Waals surface area contributed by atoms with Crippen LogP contribution in [-0.4, -0.2) is 51.8 Å². The maximum atomic E-state index is 14.2. The Kier molecular flexibility index (Phi) is 6.91. The summed E-state index contributed by atoms with van der Waals surface area (Å²) in [6, 6.07) is 16.1. The lowest BCUT2D eigenvalue weighted by atomic mass is 9.95. The van der Waals surface area contributed by atoms with E-state index >= 15 is 0 Å². The fourth-order valence-corrected chi connectivity index (χ4v) is 5.81. The van der Waals surface area contributed by atoms with Crippen molar-refractivity contribution in [3.05, 3.63) is 106 Å². The lowest BCUT2D eigenvalue weighted by Gasteiger charge is -2.27. The second kappa shape index (κ2) is 10.7. The summed E-state index contributed by atoms with van der Waals surface area (Å²) < 4.78 is 14.2. The first kappa shape index (κ1) is 25.9. The van der Waals surface area contributed by atoms with Crippen LogP contribution in [0.2, 0.25) is 0 Å². The van der Waals surface area contributed by atoms with E-state index in [1.54, 1.807) is 11.6 Å². The van der Waals surface area contributed by atoms with Gasteiger partial charge in [0.15, 0.2) is 5.13 Å². The molecular weight excluding hydrogens is 527 g/mol. The number of rotatable bonds is 6. The Morgan fingerprint density at radius 1 is 1.07 bits per heavy atom. The molecule has 2 aliphatic heterocycles. The molecule has 2 amide bonds. The van der Waals surface area contributed by atoms with E-state index in [1.807, 2.05) is 18.2 Å². The smallest absolute Gasteiger partial charge is 0.255 e. The van der Waals surface area contributed by atoms with E-state index < -0.39 is 17.8 Å². The van der Waals surface area contributed by atoms with Gasteiger partial charge in [0.25, 0.3) is 11.8 Å². The third-order valence-corrected chi connectivity index (χ3v) is 8.14. The molecule has 1 unspecified atom stereocenters. The molecule has 2 aliphatic rings. The number of carbonyl (C=O) groups is 2. The molecule has 40 heavy (non-hydrogen) atoms. The van der Waals surface area contributed by atoms with Crippen molar-refractivity contribution >= 4 is 33.9 Å². The highest BCUT2D eigenvalue weighted by molar-refractivity contribution is 7.13. The first-order valence-corrected chi connectivity index (χ1v) is 13.9. The molecule has 9 heteroatoms. The molecule has 1 atom stereocenters. The minimum Gasteiger partial charge on any atom is -0.508 e. The van der Waals surface area contributed by atoms with Crippen molar-refractivity contribution in [3.63, 3.8) is 0 Å². The molecule has 202 valence electrons. The number of nitrogens with zero attached hydrogens (tertiary/aromatic N) is 3. The van der Waals surface area contributed by atoms with Gasteiger partial charge in [0.2, 0.25) is 0 Å². The average Bonchev–Trinajstić information content (AvgIpc) is 3.59. The molecule has 0 saturated heterocycles. The first-order valence-electron chi connectivity index (χ1n) is 13.0. The van der Waals surface area contributed by atoms with Crippen molar-refractivity contribution in [2.24, 2.45) is 0 Å². The van der Waals surface area contributed by atoms with Crippen LogP contribution in [0.4, 0.5) is 9.52 Å². The van der Waals surface area contributed by atoms with Crippen molar-refractivity contribution < 1.29 is 19.1 Å². The van der Waals surface area contributed by atoms with Crippen molar-refractivity contribution in [1.29, 1.82) is 0 Å². The number of hydrogen-bond acceptors (Lipinski definition) is 6. The van der Waals surface area contributed by atoms with Crippen molar-refractivity contribution in [3.8, 4) is 16.9 Å². The van der Waals surface area contributed by atoms with Crippen LogP contribution in [0.1, 0.15) is 39.5 Å². The Balaban J connectivity index is 1.29. The van der Waals surface area contributed by atoms with Crippen LogP contribution in [0.3, 0.4) is 0 Å².